The number of amides is 1. The second-order valence-electron chi connectivity index (χ2n) is 5.85. The Kier molecular flexibility index (Phi) is 4.32. The van der Waals surface area contributed by atoms with Crippen molar-refractivity contribution in [3.63, 3.8) is 0 Å². The highest BCUT2D eigenvalue weighted by molar-refractivity contribution is 8.05. The minimum Gasteiger partial charge on any atom is -0.486 e. The molecule has 9 nitrogen and oxygen atoms in total. The van der Waals surface area contributed by atoms with Crippen molar-refractivity contribution in [1.29, 1.82) is 0 Å². The fourth-order valence-corrected chi connectivity index (χ4v) is 3.57. The Morgan fingerprint density at radius 2 is 2.15 bits per heavy atom. The SMILES string of the molecule is Cc1ccc(OCC2=NC3S/C(=C/c4ccc([N+](=O)[O-])o4)C(=O)N3N2)cc1. The summed E-state index contributed by atoms with van der Waals surface area (Å²) < 4.78 is 10.7. The first kappa shape index (κ1) is 17.2. The zero-order chi connectivity index (χ0) is 19.0. The first-order valence-electron chi connectivity index (χ1n) is 7.98. The molecule has 2 aliphatic rings. The topological polar surface area (TPSA) is 110 Å². The van der Waals surface area contributed by atoms with Crippen LogP contribution in [0.2, 0.25) is 0 Å². The van der Waals surface area contributed by atoms with Gasteiger partial charge in [0.15, 0.2) is 11.3 Å². The monoisotopic (exact) mass is 386 g/mol. The zero-order valence-corrected chi connectivity index (χ0v) is 14.9. The number of nitro groups is 1. The molecule has 1 aromatic heterocycles. The molecule has 0 saturated carbocycles. The van der Waals surface area contributed by atoms with Crippen LogP contribution in [0.25, 0.3) is 6.08 Å². The van der Waals surface area contributed by atoms with Crippen LogP contribution in [0, 0.1) is 17.0 Å². The lowest BCUT2D eigenvalue weighted by Crippen LogP contribution is -2.42. The number of thioether (sulfide) groups is 1. The van der Waals surface area contributed by atoms with E-state index in [-0.39, 0.29) is 24.2 Å². The second kappa shape index (κ2) is 6.80. The molecule has 0 radical (unpaired) electrons. The van der Waals surface area contributed by atoms with Crippen molar-refractivity contribution in [3.05, 3.63) is 62.7 Å². The Morgan fingerprint density at radius 1 is 1.37 bits per heavy atom. The Morgan fingerprint density at radius 3 is 2.81 bits per heavy atom. The normalized spacial score (nSPS) is 19.8. The fraction of sp³-hybridized carbons (Fsp3) is 0.176. The van der Waals surface area contributed by atoms with E-state index in [1.54, 1.807) is 0 Å². The first-order valence-corrected chi connectivity index (χ1v) is 8.86. The summed E-state index contributed by atoms with van der Waals surface area (Å²) in [5.41, 5.74) is 3.63. The molecule has 1 N–H and O–H groups in total. The summed E-state index contributed by atoms with van der Waals surface area (Å²) in [4.78, 5) is 27.3. The third-order valence-corrected chi connectivity index (χ3v) is 4.93. The van der Waals surface area contributed by atoms with E-state index in [0.717, 1.165) is 11.3 Å². The van der Waals surface area contributed by atoms with E-state index in [0.29, 0.717) is 10.7 Å². The van der Waals surface area contributed by atoms with Crippen molar-refractivity contribution in [3.8, 4) is 5.75 Å². The van der Waals surface area contributed by atoms with Gasteiger partial charge in [0, 0.05) is 6.08 Å². The molecule has 3 heterocycles. The van der Waals surface area contributed by atoms with Crippen molar-refractivity contribution in [2.24, 2.45) is 4.99 Å². The highest BCUT2D eigenvalue weighted by atomic mass is 32.2. The van der Waals surface area contributed by atoms with Gasteiger partial charge < -0.3 is 9.15 Å². The smallest absolute Gasteiger partial charge is 0.433 e. The number of furan rings is 1. The van der Waals surface area contributed by atoms with Gasteiger partial charge in [0.1, 0.15) is 23.0 Å². The van der Waals surface area contributed by atoms with Crippen molar-refractivity contribution < 1.29 is 18.9 Å². The Hall–Kier alpha value is -3.27. The van der Waals surface area contributed by atoms with E-state index in [4.69, 9.17) is 9.15 Å². The van der Waals surface area contributed by atoms with Crippen LogP contribution in [0.1, 0.15) is 11.3 Å². The van der Waals surface area contributed by atoms with Crippen LogP contribution in [0.4, 0.5) is 5.88 Å². The summed E-state index contributed by atoms with van der Waals surface area (Å²) in [5.74, 6) is 0.860. The highest BCUT2D eigenvalue weighted by Crippen LogP contribution is 2.38. The maximum Gasteiger partial charge on any atom is 0.433 e. The molecule has 1 aromatic carbocycles. The number of nitrogens with one attached hydrogen (secondary N) is 1. The van der Waals surface area contributed by atoms with Crippen LogP contribution in [0.15, 0.2) is 50.7 Å². The summed E-state index contributed by atoms with van der Waals surface area (Å²) in [7, 11) is 0. The molecular formula is C17H14N4O5S. The third kappa shape index (κ3) is 3.51. The average molecular weight is 386 g/mol. The molecular weight excluding hydrogens is 372 g/mol. The van der Waals surface area contributed by atoms with Crippen molar-refractivity contribution >= 4 is 35.5 Å². The van der Waals surface area contributed by atoms with E-state index in [9.17, 15) is 14.9 Å². The number of ether oxygens (including phenoxy) is 1. The number of nitrogens with zero attached hydrogens (tertiary/aromatic N) is 3. The number of amidine groups is 1. The number of benzene rings is 1. The van der Waals surface area contributed by atoms with Crippen LogP contribution in [0.5, 0.6) is 5.75 Å². The van der Waals surface area contributed by atoms with E-state index in [1.165, 1.54) is 35.0 Å². The Bertz CT molecular complexity index is 966. The van der Waals surface area contributed by atoms with Gasteiger partial charge in [-0.15, -0.1) is 0 Å². The summed E-state index contributed by atoms with van der Waals surface area (Å²) in [6.07, 6.45) is 1.47. The molecule has 138 valence electrons. The van der Waals surface area contributed by atoms with Gasteiger partial charge in [-0.2, -0.15) is 0 Å². The third-order valence-electron chi connectivity index (χ3n) is 3.86. The molecule has 4 rings (SSSR count). The van der Waals surface area contributed by atoms with Crippen LogP contribution in [-0.2, 0) is 4.79 Å². The molecule has 0 spiro atoms. The number of aryl methyl sites for hydroxylation is 1. The average Bonchev–Trinajstić information content (AvgIpc) is 3.33. The summed E-state index contributed by atoms with van der Waals surface area (Å²) in [6.45, 7) is 2.21. The van der Waals surface area contributed by atoms with Crippen molar-refractivity contribution in [1.82, 2.24) is 10.4 Å². The number of carbonyl (C=O) groups excluding carboxylic acids is 1. The van der Waals surface area contributed by atoms with Gasteiger partial charge >= 0.3 is 5.88 Å². The predicted molar refractivity (Wildman–Crippen MR) is 98.8 cm³/mol. The van der Waals surface area contributed by atoms with Gasteiger partial charge in [0.25, 0.3) is 5.91 Å². The first-order chi connectivity index (χ1) is 13.0. The number of hydrogen-bond donors (Lipinski definition) is 1. The van der Waals surface area contributed by atoms with Crippen LogP contribution >= 0.6 is 11.8 Å². The summed E-state index contributed by atoms with van der Waals surface area (Å²) in [6, 6.07) is 10.3. The minimum atomic E-state index is -0.629. The number of hydrazine groups is 1. The molecule has 10 heteroatoms. The molecule has 0 bridgehead atoms. The molecule has 1 atom stereocenters. The molecule has 2 aliphatic heterocycles. The van der Waals surface area contributed by atoms with Crippen LogP contribution in [-0.4, -0.2) is 33.8 Å². The van der Waals surface area contributed by atoms with E-state index >= 15 is 0 Å². The van der Waals surface area contributed by atoms with Crippen molar-refractivity contribution in [2.45, 2.75) is 12.4 Å². The van der Waals surface area contributed by atoms with Gasteiger partial charge in [-0.05, 0) is 25.1 Å². The predicted octanol–water partition coefficient (Wildman–Crippen LogP) is 2.69. The number of aliphatic imine (C=N–C) groups is 1. The largest absolute Gasteiger partial charge is 0.486 e. The molecule has 0 aliphatic carbocycles. The van der Waals surface area contributed by atoms with E-state index < -0.39 is 10.4 Å². The van der Waals surface area contributed by atoms with Crippen molar-refractivity contribution in [2.75, 3.05) is 6.61 Å². The van der Waals surface area contributed by atoms with Gasteiger partial charge in [0.2, 0.25) is 0 Å². The van der Waals surface area contributed by atoms with Crippen LogP contribution in [0.3, 0.4) is 0 Å². The molecule has 2 aromatic rings. The maximum atomic E-state index is 12.5. The Balaban J connectivity index is 1.40. The summed E-state index contributed by atoms with van der Waals surface area (Å²) in [5, 5.41) is 12.1. The van der Waals surface area contributed by atoms with Gasteiger partial charge in [-0.25, -0.2) is 10.0 Å². The summed E-state index contributed by atoms with van der Waals surface area (Å²) >= 11 is 1.23. The fourth-order valence-electron chi connectivity index (χ4n) is 2.53. The number of carbonyl (C=O) groups is 1. The lowest BCUT2D eigenvalue weighted by Gasteiger charge is -2.13. The molecule has 1 saturated heterocycles. The quantitative estimate of drug-likeness (QED) is 0.478. The van der Waals surface area contributed by atoms with E-state index in [2.05, 4.69) is 10.4 Å². The maximum absolute atomic E-state index is 12.5. The number of rotatable bonds is 5. The lowest BCUT2D eigenvalue weighted by atomic mass is 10.2. The molecule has 1 fully saturated rings. The second-order valence-corrected chi connectivity index (χ2v) is 6.95. The number of hydrogen-bond acceptors (Lipinski definition) is 8. The highest BCUT2D eigenvalue weighted by Gasteiger charge is 2.41. The van der Waals surface area contributed by atoms with E-state index in [1.807, 2.05) is 31.2 Å². The molecule has 1 unspecified atom stereocenters. The van der Waals surface area contributed by atoms with Crippen LogP contribution < -0.4 is 10.2 Å². The molecule has 27 heavy (non-hydrogen) atoms. The Labute approximate surface area is 157 Å². The standard InChI is InChI=1S/C17H14N4O5S/c1-10-2-4-11(5-3-10)25-9-14-18-17-20(19-14)16(22)13(27-17)8-12-6-7-15(26-12)21(23)24/h2-8,17H,9H2,1H3,(H,18,19)/b13-8+. The molecule has 1 amide bonds. The zero-order valence-electron chi connectivity index (χ0n) is 14.1. The number of fused-ring (bicyclic) bond motifs is 1. The minimum absolute atomic E-state index is 0.216. The van der Waals surface area contributed by atoms with Gasteiger partial charge in [-0.1, -0.05) is 29.5 Å². The lowest BCUT2D eigenvalue weighted by molar-refractivity contribution is -0.402. The van der Waals surface area contributed by atoms with Gasteiger partial charge in [-0.3, -0.25) is 20.3 Å². The van der Waals surface area contributed by atoms with Gasteiger partial charge in [0.05, 0.1) is 11.0 Å².